The molecule has 0 rings (SSSR count). The van der Waals surface area contributed by atoms with Gasteiger partial charge in [0.15, 0.2) is 0 Å². The molecule has 0 aliphatic carbocycles. The first kappa shape index (κ1) is 13.1. The highest BCUT2D eigenvalue weighted by Crippen LogP contribution is 2.42. The van der Waals surface area contributed by atoms with Crippen LogP contribution in [0.4, 0.5) is 0 Å². The molecule has 0 saturated heterocycles. The molecule has 0 aromatic heterocycles. The quantitative estimate of drug-likeness (QED) is 0.462. The number of likely N-dealkylation sites (N-methyl/N-ethyl adjacent to an activating group) is 1. The molecular weight excluding hydrogens is 191 g/mol. The second-order valence-corrected chi connectivity index (χ2v) is 4.17. The van der Waals surface area contributed by atoms with E-state index >= 15 is 0 Å². The molecule has 2 N–H and O–H groups in total. The van der Waals surface area contributed by atoms with Crippen LogP contribution in [0.25, 0.3) is 0 Å². The van der Waals surface area contributed by atoms with Gasteiger partial charge in [-0.3, -0.25) is 9.05 Å². The standard InChI is InChI=1S/C7H19N2O3P/c1-4-11-13(10,12-5-2)9-7-6-8-3/h8H,4-7H2,1-3H3,(H,9,10). The minimum atomic E-state index is -3.04. The zero-order valence-electron chi connectivity index (χ0n) is 8.50. The van der Waals surface area contributed by atoms with Crippen molar-refractivity contribution in [3.05, 3.63) is 0 Å². The summed E-state index contributed by atoms with van der Waals surface area (Å²) in [6.07, 6.45) is 0. The van der Waals surface area contributed by atoms with Crippen molar-refractivity contribution >= 4 is 7.75 Å². The minimum absolute atomic E-state index is 0.379. The van der Waals surface area contributed by atoms with Crippen molar-refractivity contribution in [2.45, 2.75) is 13.8 Å². The molecule has 0 unspecified atom stereocenters. The first-order valence-corrected chi connectivity index (χ1v) is 6.01. The summed E-state index contributed by atoms with van der Waals surface area (Å²) in [5.41, 5.74) is 0. The molecule has 0 saturated carbocycles. The van der Waals surface area contributed by atoms with Crippen molar-refractivity contribution in [2.24, 2.45) is 0 Å². The van der Waals surface area contributed by atoms with Gasteiger partial charge in [0.25, 0.3) is 0 Å². The van der Waals surface area contributed by atoms with Gasteiger partial charge in [0.1, 0.15) is 0 Å². The highest BCUT2D eigenvalue weighted by atomic mass is 31.2. The Hall–Kier alpha value is 0.0700. The normalized spacial score (nSPS) is 11.9. The van der Waals surface area contributed by atoms with Crippen LogP contribution in [0.2, 0.25) is 0 Å². The lowest BCUT2D eigenvalue weighted by Gasteiger charge is -2.17. The van der Waals surface area contributed by atoms with Crippen LogP contribution in [0.3, 0.4) is 0 Å². The monoisotopic (exact) mass is 210 g/mol. The first-order chi connectivity index (χ1) is 6.18. The maximum absolute atomic E-state index is 11.7. The van der Waals surface area contributed by atoms with Gasteiger partial charge in [-0.1, -0.05) is 0 Å². The molecule has 0 atom stereocenters. The molecule has 13 heavy (non-hydrogen) atoms. The summed E-state index contributed by atoms with van der Waals surface area (Å²) in [6, 6.07) is 0. The van der Waals surface area contributed by atoms with Gasteiger partial charge in [0.05, 0.1) is 13.2 Å². The van der Waals surface area contributed by atoms with Gasteiger partial charge in [-0.2, -0.15) is 0 Å². The molecule has 0 aliphatic heterocycles. The average molecular weight is 210 g/mol. The second kappa shape index (κ2) is 7.47. The van der Waals surface area contributed by atoms with E-state index in [1.54, 1.807) is 13.8 Å². The maximum Gasteiger partial charge on any atom is 0.405 e. The molecule has 0 radical (unpaired) electrons. The van der Waals surface area contributed by atoms with Crippen molar-refractivity contribution in [1.82, 2.24) is 10.4 Å². The first-order valence-electron chi connectivity index (χ1n) is 4.47. The summed E-state index contributed by atoms with van der Waals surface area (Å²) in [5, 5.41) is 5.68. The Balaban J connectivity index is 3.85. The van der Waals surface area contributed by atoms with E-state index in [9.17, 15) is 4.57 Å². The third-order valence-electron chi connectivity index (χ3n) is 1.28. The van der Waals surface area contributed by atoms with Crippen molar-refractivity contribution in [3.63, 3.8) is 0 Å². The molecule has 0 spiro atoms. The molecule has 80 valence electrons. The van der Waals surface area contributed by atoms with Gasteiger partial charge in [-0.05, 0) is 20.9 Å². The van der Waals surface area contributed by atoms with Crippen LogP contribution >= 0.6 is 7.75 Å². The van der Waals surface area contributed by atoms with E-state index in [-0.39, 0.29) is 0 Å². The predicted molar refractivity (Wildman–Crippen MR) is 52.8 cm³/mol. The van der Waals surface area contributed by atoms with Gasteiger partial charge >= 0.3 is 7.75 Å². The van der Waals surface area contributed by atoms with Gasteiger partial charge in [-0.15, -0.1) is 0 Å². The van der Waals surface area contributed by atoms with Crippen molar-refractivity contribution in [2.75, 3.05) is 33.4 Å². The van der Waals surface area contributed by atoms with E-state index in [1.807, 2.05) is 7.05 Å². The van der Waals surface area contributed by atoms with Gasteiger partial charge in [-0.25, -0.2) is 9.65 Å². The van der Waals surface area contributed by atoms with Gasteiger partial charge in [0, 0.05) is 13.1 Å². The SMILES string of the molecule is CCOP(=O)(NCCNC)OCC. The topological polar surface area (TPSA) is 59.6 Å². The van der Waals surface area contributed by atoms with E-state index in [0.29, 0.717) is 19.8 Å². The zero-order valence-corrected chi connectivity index (χ0v) is 9.39. The Labute approximate surface area is 79.8 Å². The summed E-state index contributed by atoms with van der Waals surface area (Å²) >= 11 is 0. The lowest BCUT2D eigenvalue weighted by atomic mass is 10.7. The van der Waals surface area contributed by atoms with Gasteiger partial charge in [0.2, 0.25) is 0 Å². The molecule has 0 bridgehead atoms. The summed E-state index contributed by atoms with van der Waals surface area (Å²) in [7, 11) is -1.21. The Bertz CT molecular complexity index is 156. The Kier molecular flexibility index (Phi) is 7.51. The Morgan fingerprint density at radius 2 is 1.69 bits per heavy atom. The number of hydrogen-bond donors (Lipinski definition) is 2. The molecule has 0 heterocycles. The van der Waals surface area contributed by atoms with E-state index in [2.05, 4.69) is 10.4 Å². The van der Waals surface area contributed by atoms with Crippen molar-refractivity contribution in [3.8, 4) is 0 Å². The van der Waals surface area contributed by atoms with E-state index in [1.165, 1.54) is 0 Å². The van der Waals surface area contributed by atoms with E-state index in [4.69, 9.17) is 9.05 Å². The fraction of sp³-hybridized carbons (Fsp3) is 1.00. The average Bonchev–Trinajstić information content (AvgIpc) is 2.05. The van der Waals surface area contributed by atoms with Crippen LogP contribution in [0.15, 0.2) is 0 Å². The molecular formula is C7H19N2O3P. The van der Waals surface area contributed by atoms with Gasteiger partial charge < -0.3 is 5.32 Å². The smallest absolute Gasteiger partial charge is 0.318 e. The minimum Gasteiger partial charge on any atom is -0.318 e. The Morgan fingerprint density at radius 1 is 1.15 bits per heavy atom. The molecule has 0 fully saturated rings. The number of rotatable bonds is 8. The van der Waals surface area contributed by atoms with E-state index in [0.717, 1.165) is 6.54 Å². The van der Waals surface area contributed by atoms with Crippen LogP contribution in [0.1, 0.15) is 13.8 Å². The molecule has 0 aromatic carbocycles. The summed E-state index contributed by atoms with van der Waals surface area (Å²) in [6.45, 7) is 5.61. The lowest BCUT2D eigenvalue weighted by Crippen LogP contribution is -2.24. The zero-order chi connectivity index (χ0) is 10.2. The van der Waals surface area contributed by atoms with Crippen LogP contribution in [-0.2, 0) is 13.6 Å². The molecule has 6 heteroatoms. The van der Waals surface area contributed by atoms with Crippen molar-refractivity contribution < 1.29 is 13.6 Å². The predicted octanol–water partition coefficient (Wildman–Crippen LogP) is 0.976. The molecule has 0 amide bonds. The fourth-order valence-electron chi connectivity index (χ4n) is 0.786. The number of nitrogens with one attached hydrogen (secondary N) is 2. The summed E-state index contributed by atoms with van der Waals surface area (Å²) in [4.78, 5) is 0. The molecule has 0 aliphatic rings. The maximum atomic E-state index is 11.7. The van der Waals surface area contributed by atoms with Crippen molar-refractivity contribution in [1.29, 1.82) is 0 Å². The molecule has 0 aromatic rings. The fourth-order valence-corrected chi connectivity index (χ4v) is 2.11. The third-order valence-corrected chi connectivity index (χ3v) is 3.09. The highest BCUT2D eigenvalue weighted by molar-refractivity contribution is 7.51. The second-order valence-electron chi connectivity index (χ2n) is 2.34. The largest absolute Gasteiger partial charge is 0.405 e. The Morgan fingerprint density at radius 3 is 2.08 bits per heavy atom. The molecule has 5 nitrogen and oxygen atoms in total. The lowest BCUT2D eigenvalue weighted by molar-refractivity contribution is 0.211. The van der Waals surface area contributed by atoms with Crippen LogP contribution in [0, 0.1) is 0 Å². The summed E-state index contributed by atoms with van der Waals surface area (Å²) < 4.78 is 21.7. The third kappa shape index (κ3) is 6.18. The van der Waals surface area contributed by atoms with Crippen LogP contribution in [-0.4, -0.2) is 33.4 Å². The summed E-state index contributed by atoms with van der Waals surface area (Å²) in [5.74, 6) is 0. The van der Waals surface area contributed by atoms with Crippen LogP contribution in [0.5, 0.6) is 0 Å². The van der Waals surface area contributed by atoms with E-state index < -0.39 is 7.75 Å². The number of hydrogen-bond acceptors (Lipinski definition) is 4. The van der Waals surface area contributed by atoms with Crippen LogP contribution < -0.4 is 10.4 Å². The highest BCUT2D eigenvalue weighted by Gasteiger charge is 2.21.